The molecule has 3 aromatic carbocycles. The predicted octanol–water partition coefficient (Wildman–Crippen LogP) is 6.51. The summed E-state index contributed by atoms with van der Waals surface area (Å²) in [6.45, 7) is 4.04. The van der Waals surface area contributed by atoms with Crippen molar-refractivity contribution in [1.82, 2.24) is 14.8 Å². The third kappa shape index (κ3) is 6.32. The zero-order valence-corrected chi connectivity index (χ0v) is 22.2. The van der Waals surface area contributed by atoms with Crippen LogP contribution in [0.25, 0.3) is 5.69 Å². The first-order valence-corrected chi connectivity index (χ1v) is 12.7. The number of halogens is 2. The highest BCUT2D eigenvalue weighted by molar-refractivity contribution is 7.99. The lowest BCUT2D eigenvalue weighted by molar-refractivity contribution is -0.113. The molecule has 0 unspecified atom stereocenters. The molecule has 0 saturated carbocycles. The molecule has 36 heavy (non-hydrogen) atoms. The quantitative estimate of drug-likeness (QED) is 0.243. The number of nitrogens with zero attached hydrogens (tertiary/aromatic N) is 3. The molecule has 10 heteroatoms. The van der Waals surface area contributed by atoms with Gasteiger partial charge >= 0.3 is 0 Å². The highest BCUT2D eigenvalue weighted by Gasteiger charge is 2.18. The Balaban J connectivity index is 1.53. The number of anilines is 1. The second kappa shape index (κ2) is 11.7. The van der Waals surface area contributed by atoms with Crippen LogP contribution in [0.4, 0.5) is 5.69 Å². The van der Waals surface area contributed by atoms with Crippen molar-refractivity contribution in [3.63, 3.8) is 0 Å². The van der Waals surface area contributed by atoms with Crippen molar-refractivity contribution in [2.45, 2.75) is 25.6 Å². The van der Waals surface area contributed by atoms with Crippen LogP contribution in [0.1, 0.15) is 17.0 Å². The third-order valence-electron chi connectivity index (χ3n) is 5.24. The summed E-state index contributed by atoms with van der Waals surface area (Å²) in [4.78, 5) is 12.8. The maximum Gasteiger partial charge on any atom is 0.234 e. The van der Waals surface area contributed by atoms with Gasteiger partial charge in [-0.15, -0.1) is 10.2 Å². The van der Waals surface area contributed by atoms with Gasteiger partial charge in [-0.2, -0.15) is 0 Å². The SMILES string of the molecule is COc1ccc(-n2c(COc3ccc(Cl)cc3)nnc2SCC(=O)Nc2c(C)cc(C)cc2Cl)cc1. The molecule has 0 fully saturated rings. The van der Waals surface area contributed by atoms with E-state index in [0.29, 0.717) is 32.5 Å². The number of thioether (sulfide) groups is 1. The van der Waals surface area contributed by atoms with Gasteiger partial charge in [0.15, 0.2) is 11.0 Å². The number of hydrogen-bond acceptors (Lipinski definition) is 6. The number of amides is 1. The molecule has 0 aliphatic rings. The van der Waals surface area contributed by atoms with E-state index >= 15 is 0 Å². The molecule has 0 aliphatic carbocycles. The minimum Gasteiger partial charge on any atom is -0.497 e. The van der Waals surface area contributed by atoms with E-state index in [4.69, 9.17) is 32.7 Å². The molecule has 1 aromatic heterocycles. The Morgan fingerprint density at radius 2 is 1.69 bits per heavy atom. The van der Waals surface area contributed by atoms with E-state index in [1.165, 1.54) is 11.8 Å². The molecule has 1 heterocycles. The van der Waals surface area contributed by atoms with E-state index in [1.807, 2.05) is 54.8 Å². The van der Waals surface area contributed by atoms with Crippen LogP contribution in [-0.2, 0) is 11.4 Å². The van der Waals surface area contributed by atoms with Gasteiger partial charge in [0, 0.05) is 10.7 Å². The predicted molar refractivity (Wildman–Crippen MR) is 144 cm³/mol. The van der Waals surface area contributed by atoms with E-state index in [0.717, 1.165) is 22.6 Å². The summed E-state index contributed by atoms with van der Waals surface area (Å²) in [6, 6.07) is 18.4. The molecule has 1 amide bonds. The van der Waals surface area contributed by atoms with Crippen LogP contribution < -0.4 is 14.8 Å². The van der Waals surface area contributed by atoms with Crippen molar-refractivity contribution in [3.8, 4) is 17.2 Å². The van der Waals surface area contributed by atoms with E-state index in [9.17, 15) is 4.79 Å². The Morgan fingerprint density at radius 3 is 2.36 bits per heavy atom. The van der Waals surface area contributed by atoms with Gasteiger partial charge in [0.1, 0.15) is 18.1 Å². The maximum absolute atomic E-state index is 12.8. The van der Waals surface area contributed by atoms with Crippen LogP contribution >= 0.6 is 35.0 Å². The minimum atomic E-state index is -0.197. The summed E-state index contributed by atoms with van der Waals surface area (Å²) in [5, 5.41) is 13.2. The molecule has 7 nitrogen and oxygen atoms in total. The third-order valence-corrected chi connectivity index (χ3v) is 6.72. The number of methoxy groups -OCH3 is 1. The van der Waals surface area contributed by atoms with Crippen LogP contribution in [0.15, 0.2) is 65.8 Å². The molecule has 0 aliphatic heterocycles. The molecule has 0 atom stereocenters. The fourth-order valence-electron chi connectivity index (χ4n) is 3.54. The molecule has 4 aromatic rings. The van der Waals surface area contributed by atoms with Gasteiger partial charge in [0.05, 0.1) is 23.6 Å². The fourth-order valence-corrected chi connectivity index (χ4v) is 4.80. The van der Waals surface area contributed by atoms with E-state index in [2.05, 4.69) is 15.5 Å². The van der Waals surface area contributed by atoms with Gasteiger partial charge in [-0.25, -0.2) is 0 Å². The molecule has 0 saturated heterocycles. The zero-order chi connectivity index (χ0) is 25.7. The first-order valence-electron chi connectivity index (χ1n) is 11.0. The van der Waals surface area contributed by atoms with Crippen molar-refractivity contribution in [2.75, 3.05) is 18.2 Å². The summed E-state index contributed by atoms with van der Waals surface area (Å²) in [5.74, 6) is 1.88. The van der Waals surface area contributed by atoms with E-state index in [-0.39, 0.29) is 18.3 Å². The van der Waals surface area contributed by atoms with Gasteiger partial charge in [-0.1, -0.05) is 41.0 Å². The van der Waals surface area contributed by atoms with Crippen molar-refractivity contribution >= 4 is 46.6 Å². The number of carbonyl (C=O) groups is 1. The molecule has 186 valence electrons. The van der Waals surface area contributed by atoms with Crippen LogP contribution in [0.3, 0.4) is 0 Å². The molecular formula is C26H24Cl2N4O3S. The fraction of sp³-hybridized carbons (Fsp3) is 0.192. The lowest BCUT2D eigenvalue weighted by Crippen LogP contribution is -2.16. The summed E-state index contributed by atoms with van der Waals surface area (Å²) >= 11 is 13.6. The van der Waals surface area contributed by atoms with Gasteiger partial charge < -0.3 is 14.8 Å². The Kier molecular flexibility index (Phi) is 8.40. The molecular weight excluding hydrogens is 519 g/mol. The van der Waals surface area contributed by atoms with Crippen molar-refractivity contribution < 1.29 is 14.3 Å². The first kappa shape index (κ1) is 25.9. The van der Waals surface area contributed by atoms with Crippen molar-refractivity contribution in [1.29, 1.82) is 0 Å². The lowest BCUT2D eigenvalue weighted by Gasteiger charge is -2.13. The van der Waals surface area contributed by atoms with Crippen molar-refractivity contribution in [3.05, 3.63) is 87.7 Å². The highest BCUT2D eigenvalue weighted by atomic mass is 35.5. The number of nitrogens with one attached hydrogen (secondary N) is 1. The Bertz CT molecular complexity index is 1340. The van der Waals surface area contributed by atoms with Crippen LogP contribution in [-0.4, -0.2) is 33.5 Å². The summed E-state index contributed by atoms with van der Waals surface area (Å²) in [6.07, 6.45) is 0. The summed E-state index contributed by atoms with van der Waals surface area (Å²) in [7, 11) is 1.61. The van der Waals surface area contributed by atoms with Crippen molar-refractivity contribution in [2.24, 2.45) is 0 Å². The standard InChI is InChI=1S/C26H24Cl2N4O3S/c1-16-12-17(2)25(22(28)13-16)29-24(33)15-36-26-31-30-23(14-35-21-8-4-18(27)5-9-21)32(26)19-6-10-20(34-3)11-7-19/h4-13H,14-15H2,1-3H3,(H,29,33). The number of rotatable bonds is 9. The number of benzene rings is 3. The van der Waals surface area contributed by atoms with Gasteiger partial charge in [-0.05, 0) is 79.6 Å². The first-order chi connectivity index (χ1) is 17.3. The normalized spacial score (nSPS) is 10.8. The topological polar surface area (TPSA) is 78.3 Å². The highest BCUT2D eigenvalue weighted by Crippen LogP contribution is 2.29. The Hall–Kier alpha value is -3.20. The molecule has 4 rings (SSSR count). The zero-order valence-electron chi connectivity index (χ0n) is 19.9. The summed E-state index contributed by atoms with van der Waals surface area (Å²) in [5.41, 5.74) is 3.37. The molecule has 0 spiro atoms. The lowest BCUT2D eigenvalue weighted by atomic mass is 10.1. The van der Waals surface area contributed by atoms with Crippen LogP contribution in [0.5, 0.6) is 11.5 Å². The second-order valence-corrected chi connectivity index (χ2v) is 9.74. The number of aromatic nitrogens is 3. The number of hydrogen-bond donors (Lipinski definition) is 1. The molecule has 1 N–H and O–H groups in total. The largest absolute Gasteiger partial charge is 0.497 e. The Morgan fingerprint density at radius 1 is 1.00 bits per heavy atom. The van der Waals surface area contributed by atoms with E-state index in [1.54, 1.807) is 31.4 Å². The number of aryl methyl sites for hydroxylation is 2. The van der Waals surface area contributed by atoms with Gasteiger partial charge in [-0.3, -0.25) is 9.36 Å². The Labute approximate surface area is 223 Å². The maximum atomic E-state index is 12.8. The second-order valence-electron chi connectivity index (χ2n) is 7.95. The average molecular weight is 543 g/mol. The number of carbonyl (C=O) groups excluding carboxylic acids is 1. The van der Waals surface area contributed by atoms with E-state index < -0.39 is 0 Å². The smallest absolute Gasteiger partial charge is 0.234 e. The molecule has 0 radical (unpaired) electrons. The minimum absolute atomic E-state index is 0.121. The van der Waals surface area contributed by atoms with Gasteiger partial charge in [0.2, 0.25) is 5.91 Å². The van der Waals surface area contributed by atoms with Crippen LogP contribution in [0.2, 0.25) is 10.0 Å². The average Bonchev–Trinajstić information content (AvgIpc) is 3.27. The molecule has 0 bridgehead atoms. The summed E-state index contributed by atoms with van der Waals surface area (Å²) < 4.78 is 13.0. The monoisotopic (exact) mass is 542 g/mol. The van der Waals surface area contributed by atoms with Crippen LogP contribution in [0, 0.1) is 13.8 Å². The van der Waals surface area contributed by atoms with Gasteiger partial charge in [0.25, 0.3) is 0 Å². The number of ether oxygens (including phenoxy) is 2.